The minimum absolute atomic E-state index is 0.779. The van der Waals surface area contributed by atoms with Crippen LogP contribution in [-0.4, -0.2) is 23.7 Å². The predicted molar refractivity (Wildman–Crippen MR) is 301 cm³/mol. The minimum Gasteiger partial charge on any atom is -0.309 e. The fraction of sp³-hybridized carbons (Fsp3) is 0. The van der Waals surface area contributed by atoms with E-state index < -0.39 is 0 Å². The van der Waals surface area contributed by atoms with Crippen LogP contribution in [0.1, 0.15) is 0 Å². The minimum atomic E-state index is 0.779. The Kier molecular flexibility index (Phi) is 7.32. The van der Waals surface area contributed by atoms with Crippen molar-refractivity contribution >= 4 is 171 Å². The summed E-state index contributed by atoms with van der Waals surface area (Å²) in [6.45, 7) is 0. The number of rotatable bonds is 3. The monoisotopic (exact) mass is 943 g/mol. The first-order valence-electron chi connectivity index (χ1n) is 23.5. The summed E-state index contributed by atoms with van der Waals surface area (Å²) >= 11 is 5.58. The Morgan fingerprint density at radius 3 is 1.04 bits per heavy atom. The molecule has 324 valence electrons. The topological polar surface area (TPSA) is 40.6 Å². The van der Waals surface area contributed by atoms with E-state index in [0.29, 0.717) is 0 Å². The van der Waals surface area contributed by atoms with Crippen molar-refractivity contribution in [2.45, 2.75) is 0 Å². The van der Waals surface area contributed by atoms with Gasteiger partial charge in [-0.05, 0) is 91.0 Å². The molecule has 0 bridgehead atoms. The van der Waals surface area contributed by atoms with Gasteiger partial charge in [-0.3, -0.25) is 9.13 Å². The summed E-state index contributed by atoms with van der Waals surface area (Å²) in [7, 11) is 0. The summed E-state index contributed by atoms with van der Waals surface area (Å²) in [5, 5.41) is 14.8. The van der Waals surface area contributed by atoms with Gasteiger partial charge in [0.15, 0.2) is 11.6 Å². The SMILES string of the molecule is c1ccc2c(c1)sc1cc3c4ccccc4n(-c4ccc5nc(-n6c7ccccc7c7cc8sc9ccccc9c8cc76)c(-n6c7ccccc7c7cc8sc9ccccc9c8cc76)nc5c4)c3cc12. The van der Waals surface area contributed by atoms with Gasteiger partial charge in [-0.15, -0.1) is 34.0 Å². The number of nitrogens with zero attached hydrogens (tertiary/aromatic N) is 5. The lowest BCUT2D eigenvalue weighted by molar-refractivity contribution is 0.995. The predicted octanol–water partition coefficient (Wildman–Crippen LogP) is 18.0. The Bertz CT molecular complexity index is 5150. The van der Waals surface area contributed by atoms with Crippen molar-refractivity contribution in [3.05, 3.63) is 200 Å². The number of benzene rings is 10. The van der Waals surface area contributed by atoms with E-state index >= 15 is 0 Å². The maximum absolute atomic E-state index is 5.91. The van der Waals surface area contributed by atoms with Crippen LogP contribution in [0.4, 0.5) is 0 Å². The number of fused-ring (bicyclic) bond motifs is 19. The fourth-order valence-electron chi connectivity index (χ4n) is 11.8. The summed E-state index contributed by atoms with van der Waals surface area (Å²) in [6, 6.07) is 73.8. The van der Waals surface area contributed by atoms with Crippen LogP contribution in [0.5, 0.6) is 0 Å². The zero-order valence-electron chi connectivity index (χ0n) is 37.0. The molecule has 10 aromatic carbocycles. The van der Waals surface area contributed by atoms with Gasteiger partial charge in [-0.2, -0.15) is 0 Å². The highest BCUT2D eigenvalue weighted by molar-refractivity contribution is 7.26. The standard InChI is InChI=1S/C62H33N5S3/c1-7-19-49-35(13-1)41-31-58-44(38-16-4-10-22-55(38)68-58)28-52(41)65(49)34-25-26-47-48(27-34)64-62(67-51-21-9-3-15-37(51)43-33-60-46(30-54(43)67)40-18-6-12-24-57(40)70-60)61(63-47)66-50-20-8-2-14-36(50)42-32-59-45(29-53(42)66)39-17-5-11-23-56(39)69-59/h1-33H. The van der Waals surface area contributed by atoms with Crippen molar-refractivity contribution in [3.63, 3.8) is 0 Å². The van der Waals surface area contributed by atoms with Gasteiger partial charge in [0.25, 0.3) is 0 Å². The molecule has 7 aromatic heterocycles. The van der Waals surface area contributed by atoms with E-state index in [1.807, 2.05) is 34.0 Å². The maximum Gasteiger partial charge on any atom is 0.182 e. The van der Waals surface area contributed by atoms with Crippen LogP contribution in [0.3, 0.4) is 0 Å². The quantitative estimate of drug-likeness (QED) is 0.177. The molecular formula is C62H33N5S3. The zero-order chi connectivity index (χ0) is 45.3. The van der Waals surface area contributed by atoms with Crippen LogP contribution in [0.15, 0.2) is 200 Å². The number of hydrogen-bond acceptors (Lipinski definition) is 5. The van der Waals surface area contributed by atoms with Crippen LogP contribution >= 0.6 is 34.0 Å². The van der Waals surface area contributed by atoms with Crippen LogP contribution in [0.2, 0.25) is 0 Å². The smallest absolute Gasteiger partial charge is 0.182 e. The normalized spacial score (nSPS) is 12.6. The van der Waals surface area contributed by atoms with E-state index in [9.17, 15) is 0 Å². The molecule has 0 saturated heterocycles. The third-order valence-electron chi connectivity index (χ3n) is 14.8. The molecule has 17 aromatic rings. The van der Waals surface area contributed by atoms with Crippen molar-refractivity contribution in [1.29, 1.82) is 0 Å². The van der Waals surface area contributed by atoms with Crippen molar-refractivity contribution in [2.24, 2.45) is 0 Å². The molecule has 0 unspecified atom stereocenters. The first kappa shape index (κ1) is 37.6. The fourth-order valence-corrected chi connectivity index (χ4v) is 15.1. The molecule has 0 atom stereocenters. The summed E-state index contributed by atoms with van der Waals surface area (Å²) < 4.78 is 14.9. The zero-order valence-corrected chi connectivity index (χ0v) is 39.5. The molecule has 0 saturated carbocycles. The molecule has 8 heteroatoms. The number of aromatic nitrogens is 5. The Morgan fingerprint density at radius 1 is 0.243 bits per heavy atom. The highest BCUT2D eigenvalue weighted by Gasteiger charge is 2.25. The van der Waals surface area contributed by atoms with E-state index in [1.54, 1.807) is 0 Å². The second kappa shape index (κ2) is 13.6. The Balaban J connectivity index is 1.01. The average Bonchev–Trinajstić information content (AvgIpc) is 4.25. The highest BCUT2D eigenvalue weighted by Crippen LogP contribution is 2.45. The van der Waals surface area contributed by atoms with Crippen LogP contribution in [-0.2, 0) is 0 Å². The van der Waals surface area contributed by atoms with Gasteiger partial charge in [0.2, 0.25) is 0 Å². The second-order valence-electron chi connectivity index (χ2n) is 18.5. The first-order valence-corrected chi connectivity index (χ1v) is 26.0. The molecular weight excluding hydrogens is 911 g/mol. The van der Waals surface area contributed by atoms with Crippen molar-refractivity contribution in [3.8, 4) is 17.3 Å². The molecule has 17 rings (SSSR count). The largest absolute Gasteiger partial charge is 0.309 e. The van der Waals surface area contributed by atoms with Gasteiger partial charge in [0.1, 0.15) is 0 Å². The van der Waals surface area contributed by atoms with Crippen LogP contribution in [0.25, 0.3) is 154 Å². The van der Waals surface area contributed by atoms with Crippen LogP contribution in [0, 0.1) is 0 Å². The molecule has 0 spiro atoms. The molecule has 0 N–H and O–H groups in total. The van der Waals surface area contributed by atoms with E-state index in [0.717, 1.165) is 55.9 Å². The number of para-hydroxylation sites is 3. The second-order valence-corrected chi connectivity index (χ2v) is 21.7. The van der Waals surface area contributed by atoms with E-state index in [4.69, 9.17) is 9.97 Å². The lowest BCUT2D eigenvalue weighted by atomic mass is 10.1. The lowest BCUT2D eigenvalue weighted by Gasteiger charge is -2.17. The highest BCUT2D eigenvalue weighted by atomic mass is 32.1. The Hall–Kier alpha value is -8.40. The van der Waals surface area contributed by atoms with Crippen molar-refractivity contribution in [2.75, 3.05) is 0 Å². The van der Waals surface area contributed by atoms with Gasteiger partial charge in [-0.25, -0.2) is 9.97 Å². The van der Waals surface area contributed by atoms with Gasteiger partial charge in [0.05, 0.1) is 44.1 Å². The third kappa shape index (κ3) is 4.99. The molecule has 7 heterocycles. The average molecular weight is 944 g/mol. The molecule has 0 fully saturated rings. The Labute approximate surface area is 409 Å². The molecule has 0 aliphatic carbocycles. The van der Waals surface area contributed by atoms with E-state index in [2.05, 4.69) is 214 Å². The van der Waals surface area contributed by atoms with Crippen LogP contribution < -0.4 is 0 Å². The number of hydrogen-bond donors (Lipinski definition) is 0. The number of thiophene rings is 3. The lowest BCUT2D eigenvalue weighted by Crippen LogP contribution is -2.09. The first-order chi connectivity index (χ1) is 34.7. The van der Waals surface area contributed by atoms with E-state index in [1.165, 1.54) is 98.4 Å². The summed E-state index contributed by atoms with van der Waals surface area (Å²) in [5.74, 6) is 1.56. The van der Waals surface area contributed by atoms with Crippen molar-refractivity contribution in [1.82, 2.24) is 23.7 Å². The third-order valence-corrected chi connectivity index (χ3v) is 18.2. The molecule has 5 nitrogen and oxygen atoms in total. The molecule has 0 aliphatic rings. The van der Waals surface area contributed by atoms with Gasteiger partial charge < -0.3 is 4.57 Å². The summed E-state index contributed by atoms with van der Waals surface area (Å²) in [6.07, 6.45) is 0. The molecule has 0 radical (unpaired) electrons. The van der Waals surface area contributed by atoms with Gasteiger partial charge in [0, 0.05) is 98.5 Å². The Morgan fingerprint density at radius 2 is 0.600 bits per heavy atom. The summed E-state index contributed by atoms with van der Waals surface area (Å²) in [4.78, 5) is 11.7. The maximum atomic E-state index is 5.91. The summed E-state index contributed by atoms with van der Waals surface area (Å²) in [5.41, 5.74) is 9.42. The van der Waals surface area contributed by atoms with Gasteiger partial charge in [-0.1, -0.05) is 109 Å². The van der Waals surface area contributed by atoms with E-state index in [-0.39, 0.29) is 0 Å². The van der Waals surface area contributed by atoms with Gasteiger partial charge >= 0.3 is 0 Å². The molecule has 0 amide bonds. The molecule has 70 heavy (non-hydrogen) atoms. The molecule has 0 aliphatic heterocycles. The van der Waals surface area contributed by atoms with Crippen molar-refractivity contribution < 1.29 is 0 Å².